The fourth-order valence-electron chi connectivity index (χ4n) is 1.44. The molecule has 0 bridgehead atoms. The van der Waals surface area contributed by atoms with Gasteiger partial charge < -0.3 is 4.74 Å². The van der Waals surface area contributed by atoms with E-state index in [4.69, 9.17) is 4.74 Å². The highest BCUT2D eigenvalue weighted by Gasteiger charge is 2.20. The molecule has 1 aromatic rings. The Morgan fingerprint density at radius 3 is 3.00 bits per heavy atom. The van der Waals surface area contributed by atoms with Crippen molar-refractivity contribution >= 4 is 15.9 Å². The average molecular weight is 249 g/mol. The zero-order valence-corrected chi connectivity index (χ0v) is 8.63. The molecule has 13 heavy (non-hydrogen) atoms. The first-order valence-corrected chi connectivity index (χ1v) is 5.08. The van der Waals surface area contributed by atoms with Crippen molar-refractivity contribution in [2.75, 3.05) is 6.61 Å². The van der Waals surface area contributed by atoms with Gasteiger partial charge in [0.05, 0.1) is 10.7 Å². The lowest BCUT2D eigenvalue weighted by molar-refractivity contribution is -0.0459. The smallest absolute Gasteiger partial charge is 0.228 e. The predicted molar refractivity (Wildman–Crippen MR) is 48.7 cm³/mol. The van der Waals surface area contributed by atoms with Gasteiger partial charge in [-0.2, -0.15) is 9.49 Å². The van der Waals surface area contributed by atoms with Crippen molar-refractivity contribution in [3.05, 3.63) is 16.6 Å². The Hall–Kier alpha value is -0.420. The number of hydrogen-bond acceptors (Lipinski definition) is 2. The minimum absolute atomic E-state index is 0.222. The summed E-state index contributed by atoms with van der Waals surface area (Å²) in [6.07, 6.45) is 4.19. The molecule has 0 radical (unpaired) electrons. The molecule has 0 aliphatic carbocycles. The lowest BCUT2D eigenvalue weighted by Crippen LogP contribution is -2.20. The lowest BCUT2D eigenvalue weighted by Gasteiger charge is -2.22. The van der Waals surface area contributed by atoms with E-state index in [9.17, 15) is 4.39 Å². The van der Waals surface area contributed by atoms with E-state index >= 15 is 0 Å². The van der Waals surface area contributed by atoms with Crippen LogP contribution in [-0.2, 0) is 4.74 Å². The normalized spacial score (nSPS) is 23.4. The molecule has 1 unspecified atom stereocenters. The van der Waals surface area contributed by atoms with Gasteiger partial charge in [0.1, 0.15) is 0 Å². The number of hydrogen-bond donors (Lipinski definition) is 0. The highest BCUT2D eigenvalue weighted by molar-refractivity contribution is 9.10. The minimum Gasteiger partial charge on any atom is -0.356 e. The highest BCUT2D eigenvalue weighted by Crippen LogP contribution is 2.25. The van der Waals surface area contributed by atoms with Crippen LogP contribution in [-0.4, -0.2) is 16.4 Å². The zero-order chi connectivity index (χ0) is 9.26. The molecule has 0 spiro atoms. The van der Waals surface area contributed by atoms with Crippen LogP contribution in [0.3, 0.4) is 0 Å². The van der Waals surface area contributed by atoms with Crippen molar-refractivity contribution in [1.82, 2.24) is 9.78 Å². The minimum atomic E-state index is -0.355. The number of rotatable bonds is 1. The van der Waals surface area contributed by atoms with Crippen LogP contribution in [0.5, 0.6) is 0 Å². The van der Waals surface area contributed by atoms with E-state index in [1.54, 1.807) is 0 Å². The standard InChI is InChI=1S/C8H10BrFN2O/c9-6-5-11-12(8(6)10)7-3-1-2-4-13-7/h5,7H,1-4H2. The molecule has 1 aromatic heterocycles. The Morgan fingerprint density at radius 1 is 1.62 bits per heavy atom. The van der Waals surface area contributed by atoms with E-state index in [0.29, 0.717) is 11.1 Å². The van der Waals surface area contributed by atoms with Gasteiger partial charge in [0.25, 0.3) is 0 Å². The summed E-state index contributed by atoms with van der Waals surface area (Å²) in [5.74, 6) is -0.355. The van der Waals surface area contributed by atoms with Crippen molar-refractivity contribution in [1.29, 1.82) is 0 Å². The molecule has 1 fully saturated rings. The van der Waals surface area contributed by atoms with Gasteiger partial charge in [-0.25, -0.2) is 4.68 Å². The van der Waals surface area contributed by atoms with Gasteiger partial charge in [-0.1, -0.05) is 0 Å². The van der Waals surface area contributed by atoms with Crippen LogP contribution in [0.15, 0.2) is 10.7 Å². The van der Waals surface area contributed by atoms with Crippen molar-refractivity contribution in [2.24, 2.45) is 0 Å². The van der Waals surface area contributed by atoms with Crippen molar-refractivity contribution < 1.29 is 9.13 Å². The third-order valence-corrected chi connectivity index (χ3v) is 2.65. The van der Waals surface area contributed by atoms with E-state index in [1.165, 1.54) is 10.9 Å². The van der Waals surface area contributed by atoms with Gasteiger partial charge in [-0.05, 0) is 35.2 Å². The molecular formula is C8H10BrFN2O. The first-order valence-electron chi connectivity index (χ1n) is 4.29. The maximum atomic E-state index is 13.3. The lowest BCUT2D eigenvalue weighted by atomic mass is 10.2. The fourth-order valence-corrected chi connectivity index (χ4v) is 1.72. The molecule has 3 nitrogen and oxygen atoms in total. The SMILES string of the molecule is Fc1c(Br)cnn1C1CCCCO1. The van der Waals surface area contributed by atoms with Crippen LogP contribution in [0, 0.1) is 5.95 Å². The third-order valence-electron chi connectivity index (χ3n) is 2.12. The fraction of sp³-hybridized carbons (Fsp3) is 0.625. The molecular weight excluding hydrogens is 239 g/mol. The van der Waals surface area contributed by atoms with Crippen LogP contribution in [0.4, 0.5) is 4.39 Å². The third kappa shape index (κ3) is 1.76. The molecule has 72 valence electrons. The molecule has 2 rings (SSSR count). The van der Waals surface area contributed by atoms with E-state index in [2.05, 4.69) is 21.0 Å². The first-order chi connectivity index (χ1) is 6.29. The van der Waals surface area contributed by atoms with E-state index in [0.717, 1.165) is 19.3 Å². The Balaban J connectivity index is 2.18. The average Bonchev–Trinajstić information content (AvgIpc) is 2.49. The topological polar surface area (TPSA) is 27.1 Å². The largest absolute Gasteiger partial charge is 0.356 e. The molecule has 0 aromatic carbocycles. The van der Waals surface area contributed by atoms with Crippen LogP contribution in [0.1, 0.15) is 25.5 Å². The van der Waals surface area contributed by atoms with Crippen molar-refractivity contribution in [2.45, 2.75) is 25.5 Å². The van der Waals surface area contributed by atoms with Gasteiger partial charge in [-0.3, -0.25) is 0 Å². The van der Waals surface area contributed by atoms with Crippen LogP contribution >= 0.6 is 15.9 Å². The highest BCUT2D eigenvalue weighted by atomic mass is 79.9. The summed E-state index contributed by atoms with van der Waals surface area (Å²) in [6.45, 7) is 0.696. The number of aromatic nitrogens is 2. The summed E-state index contributed by atoms with van der Waals surface area (Å²) in [7, 11) is 0. The second-order valence-corrected chi connectivity index (χ2v) is 3.90. The summed E-state index contributed by atoms with van der Waals surface area (Å²) < 4.78 is 20.4. The summed E-state index contributed by atoms with van der Waals surface area (Å²) in [4.78, 5) is 0. The summed E-state index contributed by atoms with van der Waals surface area (Å²) >= 11 is 3.07. The van der Waals surface area contributed by atoms with Crippen LogP contribution in [0.25, 0.3) is 0 Å². The summed E-state index contributed by atoms with van der Waals surface area (Å²) in [6, 6.07) is 0. The molecule has 0 N–H and O–H groups in total. The van der Waals surface area contributed by atoms with Gasteiger partial charge >= 0.3 is 0 Å². The Kier molecular flexibility index (Phi) is 2.64. The molecule has 0 amide bonds. The molecule has 2 heterocycles. The van der Waals surface area contributed by atoms with Gasteiger partial charge in [0.2, 0.25) is 5.95 Å². The maximum absolute atomic E-state index is 13.3. The predicted octanol–water partition coefficient (Wildman–Crippen LogP) is 2.48. The van der Waals surface area contributed by atoms with Crippen LogP contribution in [0.2, 0.25) is 0 Å². The van der Waals surface area contributed by atoms with Crippen LogP contribution < -0.4 is 0 Å². The Morgan fingerprint density at radius 2 is 2.46 bits per heavy atom. The molecule has 5 heteroatoms. The van der Waals surface area contributed by atoms with Gasteiger partial charge in [0.15, 0.2) is 6.23 Å². The summed E-state index contributed by atoms with van der Waals surface area (Å²) in [5.41, 5.74) is 0. The quantitative estimate of drug-likeness (QED) is 0.764. The molecule has 1 aliphatic heterocycles. The Labute approximate surface area is 84.0 Å². The molecule has 1 saturated heterocycles. The second kappa shape index (κ2) is 3.75. The van der Waals surface area contributed by atoms with Gasteiger partial charge in [0, 0.05) is 6.61 Å². The summed E-state index contributed by atoms with van der Waals surface area (Å²) in [5, 5.41) is 3.91. The molecule has 0 saturated carbocycles. The second-order valence-electron chi connectivity index (χ2n) is 3.05. The van der Waals surface area contributed by atoms with E-state index < -0.39 is 0 Å². The zero-order valence-electron chi connectivity index (χ0n) is 7.04. The van der Waals surface area contributed by atoms with Gasteiger partial charge in [-0.15, -0.1) is 0 Å². The van der Waals surface area contributed by atoms with E-state index in [1.807, 2.05) is 0 Å². The maximum Gasteiger partial charge on any atom is 0.228 e. The Bertz CT molecular complexity index is 296. The molecule has 1 atom stereocenters. The number of ether oxygens (including phenoxy) is 1. The number of nitrogens with zero attached hydrogens (tertiary/aromatic N) is 2. The monoisotopic (exact) mass is 248 g/mol. The first kappa shape index (κ1) is 9.15. The van der Waals surface area contributed by atoms with Crippen molar-refractivity contribution in [3.8, 4) is 0 Å². The molecule has 1 aliphatic rings. The van der Waals surface area contributed by atoms with E-state index in [-0.39, 0.29) is 12.2 Å². The van der Waals surface area contributed by atoms with Crippen molar-refractivity contribution in [3.63, 3.8) is 0 Å². The number of halogens is 2.